The van der Waals surface area contributed by atoms with E-state index in [0.717, 1.165) is 16.9 Å². The predicted octanol–water partition coefficient (Wildman–Crippen LogP) is 2.68. The molecule has 0 amide bonds. The Kier molecular flexibility index (Phi) is 5.50. The Labute approximate surface area is 132 Å². The van der Waals surface area contributed by atoms with Crippen LogP contribution in [0.1, 0.15) is 25.8 Å². The maximum Gasteiger partial charge on any atom is 0.343 e. The van der Waals surface area contributed by atoms with Crippen molar-refractivity contribution in [3.63, 3.8) is 0 Å². The molecule has 1 aromatic carbocycles. The van der Waals surface area contributed by atoms with Gasteiger partial charge in [-0.15, -0.1) is 5.10 Å². The van der Waals surface area contributed by atoms with Crippen LogP contribution in [0.5, 0.6) is 0 Å². The van der Waals surface area contributed by atoms with Crippen molar-refractivity contribution in [3.05, 3.63) is 39.3 Å². The highest BCUT2D eigenvalue weighted by atomic mass is 35.5. The molecule has 3 N–H and O–H groups in total. The van der Waals surface area contributed by atoms with Crippen LogP contribution < -0.4 is 11.4 Å². The zero-order chi connectivity index (χ0) is 15.4. The first-order valence-electron chi connectivity index (χ1n) is 6.92. The number of aromatic nitrogens is 3. The first kappa shape index (κ1) is 16.1. The molecule has 21 heavy (non-hydrogen) atoms. The summed E-state index contributed by atoms with van der Waals surface area (Å²) in [5.74, 6) is 0. The van der Waals surface area contributed by atoms with Crippen LogP contribution in [0.2, 0.25) is 5.02 Å². The third-order valence-electron chi connectivity index (χ3n) is 3.31. The van der Waals surface area contributed by atoms with Crippen LogP contribution in [-0.2, 0) is 13.0 Å². The zero-order valence-corrected chi connectivity index (χ0v) is 13.7. The van der Waals surface area contributed by atoms with Gasteiger partial charge in [0.2, 0.25) is 0 Å². The number of nitrogens with one attached hydrogen (secondary N) is 1. The lowest BCUT2D eigenvalue weighted by molar-refractivity contribution is 0.640. The summed E-state index contributed by atoms with van der Waals surface area (Å²) in [6.45, 7) is 4.53. The van der Waals surface area contributed by atoms with Gasteiger partial charge in [0.25, 0.3) is 0 Å². The molecule has 0 saturated heterocycles. The topological polar surface area (TPSA) is 76.7 Å². The van der Waals surface area contributed by atoms with Crippen molar-refractivity contribution >= 4 is 23.4 Å². The number of nitrogens with zero attached hydrogens (tertiary/aromatic N) is 2. The largest absolute Gasteiger partial charge is 0.343 e. The molecule has 0 bridgehead atoms. The van der Waals surface area contributed by atoms with Crippen molar-refractivity contribution in [2.75, 3.05) is 0 Å². The molecule has 1 atom stereocenters. The van der Waals surface area contributed by atoms with Gasteiger partial charge in [0.1, 0.15) is 0 Å². The van der Waals surface area contributed by atoms with Gasteiger partial charge in [0.15, 0.2) is 5.16 Å². The molecule has 1 aromatic heterocycles. The fourth-order valence-electron chi connectivity index (χ4n) is 2.00. The van der Waals surface area contributed by atoms with Gasteiger partial charge in [-0.05, 0) is 49.2 Å². The molecule has 0 saturated carbocycles. The molecule has 114 valence electrons. The van der Waals surface area contributed by atoms with Crippen molar-refractivity contribution in [1.82, 2.24) is 14.8 Å². The molecule has 5 nitrogen and oxygen atoms in total. The van der Waals surface area contributed by atoms with Gasteiger partial charge in [-0.25, -0.2) is 9.89 Å². The third kappa shape index (κ3) is 3.70. The molecule has 0 radical (unpaired) electrons. The predicted molar refractivity (Wildman–Crippen MR) is 86.1 cm³/mol. The van der Waals surface area contributed by atoms with Crippen LogP contribution in [0.4, 0.5) is 0 Å². The third-order valence-corrected chi connectivity index (χ3v) is 4.76. The molecule has 0 fully saturated rings. The lowest BCUT2D eigenvalue weighted by atomic mass is 10.0. The smallest absolute Gasteiger partial charge is 0.327 e. The molecule has 1 unspecified atom stereocenters. The van der Waals surface area contributed by atoms with E-state index in [1.54, 1.807) is 4.57 Å². The first-order chi connectivity index (χ1) is 10.1. The number of benzene rings is 1. The number of H-pyrrole nitrogens is 1. The normalized spacial score (nSPS) is 12.6. The van der Waals surface area contributed by atoms with E-state index in [0.29, 0.717) is 23.1 Å². The summed E-state index contributed by atoms with van der Waals surface area (Å²) in [5, 5.41) is 7.87. The van der Waals surface area contributed by atoms with Crippen molar-refractivity contribution < 1.29 is 0 Å². The minimum atomic E-state index is -0.200. The van der Waals surface area contributed by atoms with Crippen molar-refractivity contribution in [2.45, 2.75) is 49.3 Å². The van der Waals surface area contributed by atoms with E-state index in [1.807, 2.05) is 25.1 Å². The van der Waals surface area contributed by atoms with Crippen LogP contribution in [0.15, 0.2) is 33.0 Å². The highest BCUT2D eigenvalue weighted by molar-refractivity contribution is 7.99. The summed E-state index contributed by atoms with van der Waals surface area (Å²) in [7, 11) is 0. The molecular formula is C14H19ClN4OS. The van der Waals surface area contributed by atoms with Crippen LogP contribution in [0.3, 0.4) is 0 Å². The minimum Gasteiger partial charge on any atom is -0.327 e. The number of halogens is 1. The fourth-order valence-corrected chi connectivity index (χ4v) is 3.38. The second kappa shape index (κ2) is 7.15. The fraction of sp³-hybridized carbons (Fsp3) is 0.429. The van der Waals surface area contributed by atoms with E-state index < -0.39 is 0 Å². The molecule has 0 aliphatic carbocycles. The molecule has 2 rings (SSSR count). The van der Waals surface area contributed by atoms with Gasteiger partial charge < -0.3 is 5.73 Å². The van der Waals surface area contributed by atoms with Crippen molar-refractivity contribution in [2.24, 2.45) is 5.73 Å². The van der Waals surface area contributed by atoms with Gasteiger partial charge in [0.05, 0.1) is 0 Å². The maximum absolute atomic E-state index is 11.6. The number of rotatable bonds is 6. The van der Waals surface area contributed by atoms with Gasteiger partial charge >= 0.3 is 5.69 Å². The highest BCUT2D eigenvalue weighted by Crippen LogP contribution is 2.33. The maximum atomic E-state index is 11.6. The van der Waals surface area contributed by atoms with Crippen LogP contribution >= 0.6 is 23.4 Å². The SMILES string of the molecule is CCC(N)Cc1c(Cl)cccc1Sc1n[nH]c(=O)n1CC. The van der Waals surface area contributed by atoms with Crippen molar-refractivity contribution in [3.8, 4) is 0 Å². The molecule has 7 heteroatoms. The van der Waals surface area contributed by atoms with E-state index in [1.165, 1.54) is 11.8 Å². The quantitative estimate of drug-likeness (QED) is 0.855. The molecule has 1 heterocycles. The number of aromatic amines is 1. The second-order valence-electron chi connectivity index (χ2n) is 4.75. The summed E-state index contributed by atoms with van der Waals surface area (Å²) in [5.41, 5.74) is 6.86. The average molecular weight is 327 g/mol. The van der Waals surface area contributed by atoms with E-state index >= 15 is 0 Å². The van der Waals surface area contributed by atoms with E-state index in [9.17, 15) is 4.79 Å². The van der Waals surface area contributed by atoms with E-state index in [2.05, 4.69) is 17.1 Å². The Bertz CT molecular complexity index is 667. The molecule has 2 aromatic rings. The van der Waals surface area contributed by atoms with Gasteiger partial charge in [0, 0.05) is 22.5 Å². The summed E-state index contributed by atoms with van der Waals surface area (Å²) in [4.78, 5) is 12.6. The molecule has 0 spiro atoms. The molecule has 0 aliphatic heterocycles. The Morgan fingerprint density at radius 2 is 2.24 bits per heavy atom. The summed E-state index contributed by atoms with van der Waals surface area (Å²) < 4.78 is 1.59. The average Bonchev–Trinajstić information content (AvgIpc) is 2.82. The van der Waals surface area contributed by atoms with Gasteiger partial charge in [-0.3, -0.25) is 4.57 Å². The number of nitrogens with two attached hydrogens (primary N) is 1. The summed E-state index contributed by atoms with van der Waals surface area (Å²) in [6, 6.07) is 5.80. The Hall–Kier alpha value is -1.24. The zero-order valence-electron chi connectivity index (χ0n) is 12.1. The van der Waals surface area contributed by atoms with E-state index in [-0.39, 0.29) is 11.7 Å². The van der Waals surface area contributed by atoms with Crippen LogP contribution in [0, 0.1) is 0 Å². The molecule has 0 aliphatic rings. The van der Waals surface area contributed by atoms with Crippen molar-refractivity contribution in [1.29, 1.82) is 0 Å². The summed E-state index contributed by atoms with van der Waals surface area (Å²) in [6.07, 6.45) is 1.59. The van der Waals surface area contributed by atoms with Crippen LogP contribution in [0.25, 0.3) is 0 Å². The number of hydrogen-bond acceptors (Lipinski definition) is 4. The van der Waals surface area contributed by atoms with Gasteiger partial charge in [-0.1, -0.05) is 24.6 Å². The highest BCUT2D eigenvalue weighted by Gasteiger charge is 2.15. The summed E-state index contributed by atoms with van der Waals surface area (Å²) >= 11 is 7.74. The lowest BCUT2D eigenvalue weighted by Gasteiger charge is -2.14. The standard InChI is InChI=1S/C14H19ClN4OS/c1-3-9(16)8-10-11(15)6-5-7-12(10)21-14-18-17-13(20)19(14)4-2/h5-7,9H,3-4,8,16H2,1-2H3,(H,17,20). The number of hydrogen-bond donors (Lipinski definition) is 2. The monoisotopic (exact) mass is 326 g/mol. The lowest BCUT2D eigenvalue weighted by Crippen LogP contribution is -2.22. The Morgan fingerprint density at radius 1 is 1.48 bits per heavy atom. The Balaban J connectivity index is 2.35. The van der Waals surface area contributed by atoms with Gasteiger partial charge in [-0.2, -0.15) is 0 Å². The first-order valence-corrected chi connectivity index (χ1v) is 8.12. The second-order valence-corrected chi connectivity index (χ2v) is 6.16. The minimum absolute atomic E-state index is 0.0665. The van der Waals surface area contributed by atoms with E-state index in [4.69, 9.17) is 17.3 Å². The Morgan fingerprint density at radius 3 is 2.90 bits per heavy atom. The van der Waals surface area contributed by atoms with Crippen LogP contribution in [-0.4, -0.2) is 20.8 Å². The molecular weight excluding hydrogens is 308 g/mol.